The van der Waals surface area contributed by atoms with Gasteiger partial charge in [0.2, 0.25) is 0 Å². The lowest BCUT2D eigenvalue weighted by Crippen LogP contribution is -2.67. The summed E-state index contributed by atoms with van der Waals surface area (Å²) in [4.78, 5) is 13.0. The smallest absolute Gasteiger partial charge is 0.310 e. The average molecular weight is 661 g/mol. The fourth-order valence-corrected chi connectivity index (χ4v) is 13.0. The van der Waals surface area contributed by atoms with Gasteiger partial charge in [-0.2, -0.15) is 0 Å². The highest BCUT2D eigenvalue weighted by Gasteiger charge is 2.70. The Hall–Kier alpha value is -1.07. The molecular weight excluding hydrogens is 600 g/mol. The van der Waals surface area contributed by atoms with Crippen molar-refractivity contribution in [3.05, 3.63) is 11.6 Å². The zero-order valence-electron chi connectivity index (χ0n) is 29.4. The number of carbonyl (C=O) groups is 1. The fourth-order valence-electron chi connectivity index (χ4n) is 13.0. The summed E-state index contributed by atoms with van der Waals surface area (Å²) >= 11 is 0. The third-order valence-electron chi connectivity index (χ3n) is 16.1. The van der Waals surface area contributed by atoms with Gasteiger partial charge in [0, 0.05) is 11.8 Å². The highest BCUT2D eigenvalue weighted by molar-refractivity contribution is 5.76. The molecule has 2 saturated heterocycles. The van der Waals surface area contributed by atoms with Crippen molar-refractivity contribution in [2.75, 3.05) is 13.2 Å². The zero-order valence-corrected chi connectivity index (χ0v) is 29.4. The van der Waals surface area contributed by atoms with Crippen LogP contribution in [0.15, 0.2) is 11.6 Å². The number of allylic oxidation sites excluding steroid dienone is 2. The van der Waals surface area contributed by atoms with E-state index in [1.807, 2.05) is 0 Å². The molecule has 6 fully saturated rings. The summed E-state index contributed by atoms with van der Waals surface area (Å²) in [5.41, 5.74) is 0.962. The Bertz CT molecular complexity index is 1280. The van der Waals surface area contributed by atoms with Gasteiger partial charge >= 0.3 is 5.97 Å². The lowest BCUT2D eigenvalue weighted by molar-refractivity contribution is -0.326. The molecule has 9 heteroatoms. The van der Waals surface area contributed by atoms with E-state index in [9.17, 15) is 30.3 Å². The van der Waals surface area contributed by atoms with E-state index < -0.39 is 54.8 Å². The minimum Gasteiger partial charge on any atom is -0.481 e. The molecule has 7 rings (SSSR count). The van der Waals surface area contributed by atoms with Gasteiger partial charge in [0.05, 0.1) is 30.8 Å². The first kappa shape index (κ1) is 34.4. The van der Waals surface area contributed by atoms with Crippen LogP contribution in [0.25, 0.3) is 0 Å². The molecule has 0 bridgehead atoms. The van der Waals surface area contributed by atoms with Crippen LogP contribution in [-0.4, -0.2) is 87.6 Å². The molecule has 0 spiro atoms. The molecule has 9 nitrogen and oxygen atoms in total. The quantitative estimate of drug-likeness (QED) is 0.268. The third kappa shape index (κ3) is 4.76. The molecule has 0 amide bonds. The predicted octanol–water partition coefficient (Wildman–Crippen LogP) is 4.83. The summed E-state index contributed by atoms with van der Waals surface area (Å²) < 4.78 is 18.9. The lowest BCUT2D eigenvalue weighted by Gasteiger charge is -2.72. The first-order valence-corrected chi connectivity index (χ1v) is 18.5. The number of carboxylic acid groups (broad SMARTS) is 1. The van der Waals surface area contributed by atoms with E-state index in [1.54, 1.807) is 0 Å². The van der Waals surface area contributed by atoms with Crippen molar-refractivity contribution in [3.63, 3.8) is 0 Å². The van der Waals surface area contributed by atoms with Gasteiger partial charge in [-0.15, -0.1) is 0 Å². The van der Waals surface area contributed by atoms with Gasteiger partial charge in [0.25, 0.3) is 0 Å². The van der Waals surface area contributed by atoms with Gasteiger partial charge in [0.1, 0.15) is 24.4 Å². The van der Waals surface area contributed by atoms with Gasteiger partial charge in [-0.1, -0.05) is 53.2 Å². The van der Waals surface area contributed by atoms with Crippen LogP contribution in [-0.2, 0) is 19.0 Å². The summed E-state index contributed by atoms with van der Waals surface area (Å²) in [6.07, 6.45) is 5.87. The number of aliphatic hydroxyl groups excluding tert-OH is 4. The Labute approximate surface area is 280 Å². The van der Waals surface area contributed by atoms with Crippen LogP contribution in [0.1, 0.15) is 112 Å². The van der Waals surface area contributed by atoms with E-state index in [-0.39, 0.29) is 45.5 Å². The van der Waals surface area contributed by atoms with Crippen molar-refractivity contribution in [2.24, 2.45) is 50.2 Å². The molecule has 0 aromatic carbocycles. The molecule has 2 heterocycles. The van der Waals surface area contributed by atoms with Crippen molar-refractivity contribution in [1.29, 1.82) is 0 Å². The third-order valence-corrected chi connectivity index (χ3v) is 16.1. The van der Waals surface area contributed by atoms with Crippen LogP contribution in [0.5, 0.6) is 0 Å². The molecule has 0 aromatic heterocycles. The van der Waals surface area contributed by atoms with E-state index >= 15 is 0 Å². The number of hydrogen-bond donors (Lipinski definition) is 5. The number of aliphatic carboxylic acids is 1. The molecule has 5 aliphatic carbocycles. The van der Waals surface area contributed by atoms with E-state index in [2.05, 4.69) is 47.6 Å². The van der Waals surface area contributed by atoms with Gasteiger partial charge in [-0.25, -0.2) is 0 Å². The second-order valence-electron chi connectivity index (χ2n) is 18.7. The number of aliphatic hydroxyl groups is 4. The van der Waals surface area contributed by atoms with Crippen molar-refractivity contribution in [2.45, 2.75) is 155 Å². The van der Waals surface area contributed by atoms with Gasteiger partial charge in [-0.05, 0) is 104 Å². The van der Waals surface area contributed by atoms with Crippen LogP contribution >= 0.6 is 0 Å². The van der Waals surface area contributed by atoms with Crippen LogP contribution < -0.4 is 0 Å². The Morgan fingerprint density at radius 3 is 2.23 bits per heavy atom. The van der Waals surface area contributed by atoms with E-state index in [1.165, 1.54) is 5.57 Å². The Morgan fingerprint density at radius 1 is 0.830 bits per heavy atom. The second-order valence-corrected chi connectivity index (χ2v) is 18.7. The molecule has 0 aromatic rings. The Balaban J connectivity index is 1.12. The zero-order chi connectivity index (χ0) is 33.9. The molecule has 15 atom stereocenters. The van der Waals surface area contributed by atoms with Gasteiger partial charge < -0.3 is 39.7 Å². The average Bonchev–Trinajstić information content (AvgIpc) is 3.01. The van der Waals surface area contributed by atoms with Crippen molar-refractivity contribution in [3.8, 4) is 0 Å². The van der Waals surface area contributed by atoms with Crippen molar-refractivity contribution < 1.29 is 44.5 Å². The predicted molar refractivity (Wildman–Crippen MR) is 174 cm³/mol. The summed E-state index contributed by atoms with van der Waals surface area (Å²) in [6, 6.07) is 0. The van der Waals surface area contributed by atoms with Crippen LogP contribution in [0.4, 0.5) is 0 Å². The van der Waals surface area contributed by atoms with Crippen LogP contribution in [0.2, 0.25) is 0 Å². The number of hydrogen-bond acceptors (Lipinski definition) is 8. The minimum absolute atomic E-state index is 0.00539. The second kappa shape index (κ2) is 11.2. The van der Waals surface area contributed by atoms with E-state index in [0.29, 0.717) is 18.4 Å². The molecule has 266 valence electrons. The van der Waals surface area contributed by atoms with Crippen LogP contribution in [0.3, 0.4) is 0 Å². The van der Waals surface area contributed by atoms with Crippen LogP contribution in [0, 0.1) is 50.2 Å². The maximum absolute atomic E-state index is 13.0. The molecule has 7 aliphatic rings. The van der Waals surface area contributed by atoms with Crippen molar-refractivity contribution in [1.82, 2.24) is 0 Å². The van der Waals surface area contributed by atoms with E-state index in [4.69, 9.17) is 14.2 Å². The molecule has 5 N–H and O–H groups in total. The summed E-state index contributed by atoms with van der Waals surface area (Å²) in [5, 5.41) is 51.4. The highest BCUT2D eigenvalue weighted by Crippen LogP contribution is 2.76. The summed E-state index contributed by atoms with van der Waals surface area (Å²) in [7, 11) is 0. The molecular formula is C38H60O9. The summed E-state index contributed by atoms with van der Waals surface area (Å²) in [6.45, 7) is 14.6. The molecule has 0 radical (unpaired) electrons. The number of fused-ring (bicyclic) bond motifs is 9. The minimum atomic E-state index is -1.41. The van der Waals surface area contributed by atoms with Gasteiger partial charge in [-0.3, -0.25) is 4.79 Å². The molecule has 2 aliphatic heterocycles. The topological polar surface area (TPSA) is 146 Å². The Kier molecular flexibility index (Phi) is 8.20. The lowest BCUT2D eigenvalue weighted by atomic mass is 9.33. The Morgan fingerprint density at radius 2 is 1.53 bits per heavy atom. The first-order valence-electron chi connectivity index (χ1n) is 18.5. The van der Waals surface area contributed by atoms with E-state index in [0.717, 1.165) is 64.2 Å². The maximum atomic E-state index is 13.0. The highest BCUT2D eigenvalue weighted by atomic mass is 16.7. The SMILES string of the molecule is CC1(C)CC[C@]2(C(=O)O)CC[C@]3(C)C(=CC[C@@H]4[C@@]5(C)CC[C@@H]6O[C@H](C[C@H]7O[C@H](CO)[C@@H](O)[C@H](O)[C@H]7O)OC[C@@]6(C)[C@@H]5CC[C@]43C)[C@@H]2C1. The maximum Gasteiger partial charge on any atom is 0.310 e. The fraction of sp³-hybridized carbons (Fsp3) is 0.921. The number of ether oxygens (including phenoxy) is 3. The molecule has 0 unspecified atom stereocenters. The first-order chi connectivity index (χ1) is 22.0. The number of carboxylic acids is 1. The molecule has 4 saturated carbocycles. The summed E-state index contributed by atoms with van der Waals surface area (Å²) in [5.74, 6) is 0.423. The van der Waals surface area contributed by atoms with Crippen molar-refractivity contribution >= 4 is 5.97 Å². The normalized spacial score (nSPS) is 55.3. The monoisotopic (exact) mass is 660 g/mol. The number of rotatable bonds is 4. The molecule has 47 heavy (non-hydrogen) atoms. The van der Waals surface area contributed by atoms with Gasteiger partial charge in [0.15, 0.2) is 6.29 Å². The standard InChI is InChI=1S/C38H60O9/c1-33(2)13-15-38(32(43)44)16-14-36(5)21(22(38)18-33)7-8-26-34(3)11-10-27-35(4,25(34)9-12-37(26,36)6)20-45-28(47-27)17-23-29(40)31(42)30(41)24(19-39)46-23/h7,22-31,39-42H,8-20H2,1-6H3,(H,43,44)/t22-,23+,24+,25+,26+,27-,28+,29-,30+,31+,34-,35-,36+,37+,38-/m0/s1. The largest absolute Gasteiger partial charge is 0.481 e.